The summed E-state index contributed by atoms with van der Waals surface area (Å²) in [5.74, 6) is -0.104. The van der Waals surface area contributed by atoms with Crippen molar-refractivity contribution in [3.63, 3.8) is 0 Å². The standard InChI is InChI=1S/C10H20N2O2/c1-9-8-12(7-5-11-9)6-3-4-10(13)14-2/h9,11H,3-8H2,1-2H3/t9-/m0/s1. The molecule has 14 heavy (non-hydrogen) atoms. The average molecular weight is 200 g/mol. The SMILES string of the molecule is COC(=O)CCCN1CCN[C@@H](C)C1. The molecule has 1 heterocycles. The van der Waals surface area contributed by atoms with E-state index in [1.807, 2.05) is 0 Å². The fourth-order valence-corrected chi connectivity index (χ4v) is 1.76. The molecule has 1 N–H and O–H groups in total. The number of nitrogens with zero attached hydrogens (tertiary/aromatic N) is 1. The third kappa shape index (κ3) is 4.07. The van der Waals surface area contributed by atoms with Crippen molar-refractivity contribution in [2.24, 2.45) is 0 Å². The molecule has 1 aliphatic rings. The summed E-state index contributed by atoms with van der Waals surface area (Å²) in [6, 6.07) is 0.571. The van der Waals surface area contributed by atoms with Crippen LogP contribution in [0.25, 0.3) is 0 Å². The third-order valence-electron chi connectivity index (χ3n) is 2.54. The van der Waals surface area contributed by atoms with Crippen LogP contribution in [-0.2, 0) is 9.53 Å². The Bertz CT molecular complexity index is 185. The largest absolute Gasteiger partial charge is 0.469 e. The molecule has 0 aromatic rings. The van der Waals surface area contributed by atoms with Crippen molar-refractivity contribution in [2.75, 3.05) is 33.3 Å². The number of carbonyl (C=O) groups is 1. The van der Waals surface area contributed by atoms with Gasteiger partial charge in [-0.3, -0.25) is 4.79 Å². The molecule has 0 aromatic carbocycles. The van der Waals surface area contributed by atoms with Gasteiger partial charge in [0.15, 0.2) is 0 Å². The molecule has 1 rings (SSSR count). The second-order valence-electron chi connectivity index (χ2n) is 3.84. The number of methoxy groups -OCH3 is 1. The minimum atomic E-state index is -0.104. The quantitative estimate of drug-likeness (QED) is 0.660. The van der Waals surface area contributed by atoms with E-state index >= 15 is 0 Å². The first-order valence-corrected chi connectivity index (χ1v) is 5.25. The Morgan fingerprint density at radius 3 is 3.07 bits per heavy atom. The Kier molecular flexibility index (Phi) is 4.90. The Morgan fingerprint density at radius 1 is 1.64 bits per heavy atom. The Morgan fingerprint density at radius 2 is 2.43 bits per heavy atom. The van der Waals surface area contributed by atoms with E-state index in [1.54, 1.807) is 0 Å². The van der Waals surface area contributed by atoms with Gasteiger partial charge in [0.25, 0.3) is 0 Å². The van der Waals surface area contributed by atoms with Gasteiger partial charge in [0.05, 0.1) is 7.11 Å². The van der Waals surface area contributed by atoms with E-state index in [1.165, 1.54) is 7.11 Å². The maximum Gasteiger partial charge on any atom is 0.305 e. The number of esters is 1. The van der Waals surface area contributed by atoms with Crippen LogP contribution in [0.4, 0.5) is 0 Å². The van der Waals surface area contributed by atoms with E-state index < -0.39 is 0 Å². The highest BCUT2D eigenvalue weighted by Gasteiger charge is 2.14. The summed E-state index contributed by atoms with van der Waals surface area (Å²) >= 11 is 0. The average Bonchev–Trinajstić information content (AvgIpc) is 2.17. The van der Waals surface area contributed by atoms with Gasteiger partial charge in [0.1, 0.15) is 0 Å². The lowest BCUT2D eigenvalue weighted by Crippen LogP contribution is -2.49. The van der Waals surface area contributed by atoms with Crippen molar-refractivity contribution in [2.45, 2.75) is 25.8 Å². The molecule has 0 aliphatic carbocycles. The Hall–Kier alpha value is -0.610. The van der Waals surface area contributed by atoms with Crippen LogP contribution in [0.2, 0.25) is 0 Å². The fourth-order valence-electron chi connectivity index (χ4n) is 1.76. The molecule has 0 unspecified atom stereocenters. The van der Waals surface area contributed by atoms with Crippen LogP contribution in [0.1, 0.15) is 19.8 Å². The van der Waals surface area contributed by atoms with E-state index in [9.17, 15) is 4.79 Å². The van der Waals surface area contributed by atoms with Crippen molar-refractivity contribution in [1.29, 1.82) is 0 Å². The summed E-state index contributed by atoms with van der Waals surface area (Å²) in [6.45, 7) is 6.42. The molecule has 0 bridgehead atoms. The molecule has 1 saturated heterocycles. The lowest BCUT2D eigenvalue weighted by molar-refractivity contribution is -0.140. The van der Waals surface area contributed by atoms with Crippen molar-refractivity contribution < 1.29 is 9.53 Å². The summed E-state index contributed by atoms with van der Waals surface area (Å²) in [5, 5.41) is 3.39. The molecule has 82 valence electrons. The van der Waals surface area contributed by atoms with Crippen LogP contribution in [0.3, 0.4) is 0 Å². The van der Waals surface area contributed by atoms with E-state index in [0.717, 1.165) is 32.6 Å². The van der Waals surface area contributed by atoms with Crippen molar-refractivity contribution in [3.05, 3.63) is 0 Å². The highest BCUT2D eigenvalue weighted by Crippen LogP contribution is 2.01. The van der Waals surface area contributed by atoms with Gasteiger partial charge >= 0.3 is 5.97 Å². The van der Waals surface area contributed by atoms with Gasteiger partial charge in [-0.15, -0.1) is 0 Å². The number of hydrogen-bond acceptors (Lipinski definition) is 4. The van der Waals surface area contributed by atoms with E-state index in [-0.39, 0.29) is 5.97 Å². The minimum Gasteiger partial charge on any atom is -0.469 e. The predicted octanol–water partition coefficient (Wildman–Crippen LogP) is 0.233. The minimum absolute atomic E-state index is 0.104. The summed E-state index contributed by atoms with van der Waals surface area (Å²) in [7, 11) is 1.44. The fraction of sp³-hybridized carbons (Fsp3) is 0.900. The van der Waals surface area contributed by atoms with Crippen molar-refractivity contribution in [1.82, 2.24) is 10.2 Å². The van der Waals surface area contributed by atoms with Crippen LogP contribution in [0, 0.1) is 0 Å². The number of nitrogens with one attached hydrogen (secondary N) is 1. The van der Waals surface area contributed by atoms with E-state index in [2.05, 4.69) is 21.9 Å². The second-order valence-corrected chi connectivity index (χ2v) is 3.84. The molecule has 0 saturated carbocycles. The number of carbonyl (C=O) groups excluding carboxylic acids is 1. The highest BCUT2D eigenvalue weighted by atomic mass is 16.5. The first-order valence-electron chi connectivity index (χ1n) is 5.25. The van der Waals surface area contributed by atoms with Crippen LogP contribution < -0.4 is 5.32 Å². The summed E-state index contributed by atoms with van der Waals surface area (Å²) in [5.41, 5.74) is 0. The molecule has 0 amide bonds. The van der Waals surface area contributed by atoms with Gasteiger partial charge in [0, 0.05) is 32.1 Å². The first-order chi connectivity index (χ1) is 6.72. The molecule has 4 nitrogen and oxygen atoms in total. The smallest absolute Gasteiger partial charge is 0.305 e. The maximum atomic E-state index is 10.9. The second kappa shape index (κ2) is 5.98. The Balaban J connectivity index is 2.08. The van der Waals surface area contributed by atoms with Crippen molar-refractivity contribution >= 4 is 5.97 Å². The third-order valence-corrected chi connectivity index (χ3v) is 2.54. The molecule has 1 fully saturated rings. The monoisotopic (exact) mass is 200 g/mol. The number of hydrogen-bond donors (Lipinski definition) is 1. The molecular formula is C10H20N2O2. The van der Waals surface area contributed by atoms with E-state index in [4.69, 9.17) is 0 Å². The van der Waals surface area contributed by atoms with Crippen LogP contribution in [0.5, 0.6) is 0 Å². The lowest BCUT2D eigenvalue weighted by atomic mass is 10.2. The zero-order valence-electron chi connectivity index (χ0n) is 9.08. The molecule has 4 heteroatoms. The van der Waals surface area contributed by atoms with Gasteiger partial charge in [-0.2, -0.15) is 0 Å². The normalized spacial score (nSPS) is 23.4. The van der Waals surface area contributed by atoms with Gasteiger partial charge < -0.3 is 15.0 Å². The van der Waals surface area contributed by atoms with Gasteiger partial charge in [0.2, 0.25) is 0 Å². The van der Waals surface area contributed by atoms with Gasteiger partial charge in [-0.05, 0) is 19.9 Å². The van der Waals surface area contributed by atoms with Gasteiger partial charge in [-0.25, -0.2) is 0 Å². The highest BCUT2D eigenvalue weighted by molar-refractivity contribution is 5.69. The van der Waals surface area contributed by atoms with Crippen LogP contribution in [0.15, 0.2) is 0 Å². The number of rotatable bonds is 4. The topological polar surface area (TPSA) is 41.6 Å². The molecule has 0 aromatic heterocycles. The maximum absolute atomic E-state index is 10.9. The van der Waals surface area contributed by atoms with Crippen LogP contribution >= 0.6 is 0 Å². The number of ether oxygens (including phenoxy) is 1. The lowest BCUT2D eigenvalue weighted by Gasteiger charge is -2.31. The number of piperazine rings is 1. The summed E-state index contributed by atoms with van der Waals surface area (Å²) in [4.78, 5) is 13.3. The Labute approximate surface area is 85.6 Å². The zero-order chi connectivity index (χ0) is 10.4. The molecular weight excluding hydrogens is 180 g/mol. The van der Waals surface area contributed by atoms with Crippen molar-refractivity contribution in [3.8, 4) is 0 Å². The van der Waals surface area contributed by atoms with Crippen LogP contribution in [-0.4, -0.2) is 50.2 Å². The summed E-state index contributed by atoms with van der Waals surface area (Å²) < 4.78 is 4.59. The predicted molar refractivity (Wildman–Crippen MR) is 55.2 cm³/mol. The summed E-state index contributed by atoms with van der Waals surface area (Å²) in [6.07, 6.45) is 1.44. The molecule has 0 radical (unpaired) electrons. The molecule has 0 spiro atoms. The zero-order valence-corrected chi connectivity index (χ0v) is 9.08. The first kappa shape index (κ1) is 11.5. The van der Waals surface area contributed by atoms with E-state index in [0.29, 0.717) is 12.5 Å². The molecule has 1 atom stereocenters. The van der Waals surface area contributed by atoms with Gasteiger partial charge in [-0.1, -0.05) is 0 Å². The molecule has 1 aliphatic heterocycles.